The monoisotopic (exact) mass is 363 g/mol. The highest BCUT2D eigenvalue weighted by Crippen LogP contribution is 2.25. The number of carbonyl (C=O) groups excluding carboxylic acids is 1. The van der Waals surface area contributed by atoms with Crippen molar-refractivity contribution in [3.05, 3.63) is 29.3 Å². The number of aryl methyl sites for hydroxylation is 1. The summed E-state index contributed by atoms with van der Waals surface area (Å²) < 4.78 is 5.41. The van der Waals surface area contributed by atoms with Gasteiger partial charge >= 0.3 is 11.9 Å². The van der Waals surface area contributed by atoms with Crippen LogP contribution in [0.1, 0.15) is 69.8 Å². The predicted molar refractivity (Wildman–Crippen MR) is 105 cm³/mol. The average molecular weight is 363 g/mol. The summed E-state index contributed by atoms with van der Waals surface area (Å²) in [6.45, 7) is 11.6. The molecule has 0 radical (unpaired) electrons. The van der Waals surface area contributed by atoms with Crippen molar-refractivity contribution >= 4 is 17.6 Å². The van der Waals surface area contributed by atoms with Gasteiger partial charge in [-0.1, -0.05) is 19.9 Å². The Morgan fingerprint density at radius 2 is 1.88 bits per heavy atom. The Morgan fingerprint density at radius 1 is 1.27 bits per heavy atom. The minimum Gasteiger partial charge on any atom is -0.478 e. The summed E-state index contributed by atoms with van der Waals surface area (Å²) in [6.07, 6.45) is 2.13. The SMILES string of the molecule is CCC(C[C@H](C)CC(=O)OC(C)(C)C)N(C)c1ccc(C)c(C(=O)O)c1. The Hall–Kier alpha value is -2.04. The number of nitrogens with zero attached hydrogens (tertiary/aromatic N) is 1. The first-order valence-corrected chi connectivity index (χ1v) is 9.23. The van der Waals surface area contributed by atoms with Crippen molar-refractivity contribution in [2.24, 2.45) is 5.92 Å². The minimum atomic E-state index is -0.913. The zero-order chi connectivity index (χ0) is 20.1. The fraction of sp³-hybridized carbons (Fsp3) is 0.619. The number of hydrogen-bond donors (Lipinski definition) is 1. The van der Waals surface area contributed by atoms with Crippen LogP contribution in [0.3, 0.4) is 0 Å². The van der Waals surface area contributed by atoms with E-state index in [1.165, 1.54) is 0 Å². The number of carboxylic acid groups (broad SMARTS) is 1. The molecule has 0 saturated heterocycles. The van der Waals surface area contributed by atoms with E-state index in [0.717, 1.165) is 24.1 Å². The van der Waals surface area contributed by atoms with Gasteiger partial charge in [-0.2, -0.15) is 0 Å². The number of esters is 1. The van der Waals surface area contributed by atoms with Gasteiger partial charge in [-0.3, -0.25) is 4.79 Å². The number of anilines is 1. The van der Waals surface area contributed by atoms with Crippen molar-refractivity contribution < 1.29 is 19.4 Å². The molecule has 2 atom stereocenters. The quantitative estimate of drug-likeness (QED) is 0.680. The number of benzene rings is 1. The van der Waals surface area contributed by atoms with Crippen LogP contribution < -0.4 is 4.90 Å². The fourth-order valence-electron chi connectivity index (χ4n) is 3.08. The molecule has 0 heterocycles. The van der Waals surface area contributed by atoms with Gasteiger partial charge in [0.2, 0.25) is 0 Å². The number of rotatable bonds is 8. The molecule has 0 aromatic heterocycles. The normalized spacial score (nSPS) is 13.8. The Balaban J connectivity index is 2.80. The van der Waals surface area contributed by atoms with Gasteiger partial charge in [0.1, 0.15) is 5.60 Å². The van der Waals surface area contributed by atoms with Gasteiger partial charge in [0.15, 0.2) is 0 Å². The van der Waals surface area contributed by atoms with E-state index in [1.807, 2.05) is 40.0 Å². The van der Waals surface area contributed by atoms with E-state index in [1.54, 1.807) is 13.0 Å². The Morgan fingerprint density at radius 3 is 2.38 bits per heavy atom. The first-order chi connectivity index (χ1) is 11.9. The lowest BCUT2D eigenvalue weighted by atomic mass is 9.95. The molecule has 5 heteroatoms. The predicted octanol–water partition coefficient (Wildman–Crippen LogP) is 4.67. The van der Waals surface area contributed by atoms with Crippen LogP contribution in [-0.4, -0.2) is 35.7 Å². The van der Waals surface area contributed by atoms with Gasteiger partial charge in [0, 0.05) is 25.2 Å². The van der Waals surface area contributed by atoms with Crippen LogP contribution in [0.2, 0.25) is 0 Å². The Labute approximate surface area is 157 Å². The van der Waals surface area contributed by atoms with Crippen molar-refractivity contribution in [2.45, 2.75) is 72.4 Å². The van der Waals surface area contributed by atoms with E-state index in [9.17, 15) is 14.7 Å². The maximum atomic E-state index is 12.0. The van der Waals surface area contributed by atoms with Crippen molar-refractivity contribution in [1.29, 1.82) is 0 Å². The second-order valence-corrected chi connectivity index (χ2v) is 8.11. The van der Waals surface area contributed by atoms with Gasteiger partial charge in [0.05, 0.1) is 5.56 Å². The minimum absolute atomic E-state index is 0.175. The van der Waals surface area contributed by atoms with Crippen LogP contribution >= 0.6 is 0 Å². The molecule has 1 rings (SSSR count). The summed E-state index contributed by atoms with van der Waals surface area (Å²) in [6, 6.07) is 5.73. The Bertz CT molecular complexity index is 633. The maximum absolute atomic E-state index is 12.0. The molecular formula is C21H33NO4. The summed E-state index contributed by atoms with van der Waals surface area (Å²) in [4.78, 5) is 25.5. The first-order valence-electron chi connectivity index (χ1n) is 9.23. The second kappa shape index (κ2) is 9.06. The molecule has 0 amide bonds. The van der Waals surface area contributed by atoms with Gasteiger partial charge in [-0.25, -0.2) is 4.79 Å². The van der Waals surface area contributed by atoms with Crippen LogP contribution in [0, 0.1) is 12.8 Å². The molecule has 26 heavy (non-hydrogen) atoms. The van der Waals surface area contributed by atoms with Gasteiger partial charge in [-0.15, -0.1) is 0 Å². The molecule has 1 unspecified atom stereocenters. The van der Waals surface area contributed by atoms with Crippen LogP contribution in [0.5, 0.6) is 0 Å². The van der Waals surface area contributed by atoms with Crippen LogP contribution in [-0.2, 0) is 9.53 Å². The molecular weight excluding hydrogens is 330 g/mol. The van der Waals surface area contributed by atoms with Crippen LogP contribution in [0.15, 0.2) is 18.2 Å². The standard InChI is InChI=1S/C21H33NO4/c1-8-16(11-14(2)12-19(23)26-21(4,5)6)22(7)17-10-9-15(3)18(13-17)20(24)25/h9-10,13-14,16H,8,11-12H2,1-7H3,(H,24,25)/t14-,16?/m0/s1. The molecule has 0 aliphatic rings. The number of hydrogen-bond acceptors (Lipinski definition) is 4. The molecule has 1 aromatic carbocycles. The smallest absolute Gasteiger partial charge is 0.336 e. The van der Waals surface area contributed by atoms with E-state index < -0.39 is 11.6 Å². The van der Waals surface area contributed by atoms with Crippen molar-refractivity contribution in [1.82, 2.24) is 0 Å². The van der Waals surface area contributed by atoms with Crippen molar-refractivity contribution in [3.8, 4) is 0 Å². The molecule has 146 valence electrons. The molecule has 0 spiro atoms. The molecule has 0 aliphatic carbocycles. The lowest BCUT2D eigenvalue weighted by Crippen LogP contribution is -2.33. The van der Waals surface area contributed by atoms with E-state index in [4.69, 9.17) is 4.74 Å². The summed E-state index contributed by atoms with van der Waals surface area (Å²) in [7, 11) is 1.98. The summed E-state index contributed by atoms with van der Waals surface area (Å²) >= 11 is 0. The van der Waals surface area contributed by atoms with E-state index in [-0.39, 0.29) is 17.9 Å². The number of carbonyl (C=O) groups is 2. The molecule has 0 fully saturated rings. The highest BCUT2D eigenvalue weighted by molar-refractivity contribution is 5.90. The summed E-state index contributed by atoms with van der Waals surface area (Å²) in [5.41, 5.74) is 1.49. The van der Waals surface area contributed by atoms with Crippen LogP contribution in [0.25, 0.3) is 0 Å². The van der Waals surface area contributed by atoms with Crippen molar-refractivity contribution in [3.63, 3.8) is 0 Å². The lowest BCUT2D eigenvalue weighted by Gasteiger charge is -2.32. The molecule has 0 aliphatic heterocycles. The topological polar surface area (TPSA) is 66.8 Å². The summed E-state index contributed by atoms with van der Waals surface area (Å²) in [5, 5.41) is 9.34. The second-order valence-electron chi connectivity index (χ2n) is 8.11. The van der Waals surface area contributed by atoms with Crippen LogP contribution in [0.4, 0.5) is 5.69 Å². The van der Waals surface area contributed by atoms with E-state index >= 15 is 0 Å². The fourth-order valence-corrected chi connectivity index (χ4v) is 3.08. The molecule has 5 nitrogen and oxygen atoms in total. The van der Waals surface area contributed by atoms with Crippen molar-refractivity contribution in [2.75, 3.05) is 11.9 Å². The summed E-state index contributed by atoms with van der Waals surface area (Å²) in [5.74, 6) is -0.906. The zero-order valence-corrected chi connectivity index (χ0v) is 17.1. The highest BCUT2D eigenvalue weighted by atomic mass is 16.6. The van der Waals surface area contributed by atoms with E-state index in [0.29, 0.717) is 12.0 Å². The molecule has 1 aromatic rings. The maximum Gasteiger partial charge on any atom is 0.336 e. The third kappa shape index (κ3) is 6.70. The third-order valence-corrected chi connectivity index (χ3v) is 4.49. The molecule has 0 bridgehead atoms. The lowest BCUT2D eigenvalue weighted by molar-refractivity contribution is -0.155. The number of ether oxygens (including phenoxy) is 1. The van der Waals surface area contributed by atoms with Gasteiger partial charge < -0.3 is 14.7 Å². The Kier molecular flexibility index (Phi) is 7.67. The van der Waals surface area contributed by atoms with E-state index in [2.05, 4.69) is 18.7 Å². The highest BCUT2D eigenvalue weighted by Gasteiger charge is 2.22. The largest absolute Gasteiger partial charge is 0.478 e. The zero-order valence-electron chi connectivity index (χ0n) is 17.1. The average Bonchev–Trinajstić information content (AvgIpc) is 2.50. The first kappa shape index (κ1) is 22.0. The van der Waals surface area contributed by atoms with Gasteiger partial charge in [-0.05, 0) is 64.2 Å². The molecule has 1 N–H and O–H groups in total. The third-order valence-electron chi connectivity index (χ3n) is 4.49. The number of carboxylic acids is 1. The number of aromatic carboxylic acids is 1. The van der Waals surface area contributed by atoms with Gasteiger partial charge in [0.25, 0.3) is 0 Å². The molecule has 0 saturated carbocycles.